The SMILES string of the molecule is O=S(=O)(Nc1cncc(C(F)F)c1)c1ccc(Cl)s1. The van der Waals surface area contributed by atoms with E-state index in [4.69, 9.17) is 11.6 Å². The Morgan fingerprint density at radius 1 is 1.32 bits per heavy atom. The fourth-order valence-electron chi connectivity index (χ4n) is 1.28. The highest BCUT2D eigenvalue weighted by Crippen LogP contribution is 2.28. The normalized spacial score (nSPS) is 11.8. The lowest BCUT2D eigenvalue weighted by molar-refractivity contribution is 0.151. The van der Waals surface area contributed by atoms with Gasteiger partial charge in [0.15, 0.2) is 0 Å². The lowest BCUT2D eigenvalue weighted by Crippen LogP contribution is -2.11. The molecule has 0 aliphatic rings. The number of hydrogen-bond donors (Lipinski definition) is 1. The van der Waals surface area contributed by atoms with E-state index in [1.807, 2.05) is 0 Å². The third-order valence-electron chi connectivity index (χ3n) is 2.08. The topological polar surface area (TPSA) is 59.1 Å². The Labute approximate surface area is 117 Å². The number of thiophene rings is 1. The zero-order valence-electron chi connectivity index (χ0n) is 9.18. The number of anilines is 1. The number of hydrogen-bond acceptors (Lipinski definition) is 4. The van der Waals surface area contributed by atoms with Crippen molar-refractivity contribution in [2.24, 2.45) is 0 Å². The molecule has 0 unspecified atom stereocenters. The van der Waals surface area contributed by atoms with Gasteiger partial charge in [0.25, 0.3) is 16.4 Å². The summed E-state index contributed by atoms with van der Waals surface area (Å²) in [4.78, 5) is 3.56. The maximum Gasteiger partial charge on any atom is 0.271 e. The summed E-state index contributed by atoms with van der Waals surface area (Å²) in [5.41, 5.74) is -0.383. The van der Waals surface area contributed by atoms with Gasteiger partial charge < -0.3 is 0 Å². The van der Waals surface area contributed by atoms with E-state index < -0.39 is 16.4 Å². The maximum atomic E-state index is 12.5. The number of alkyl halides is 2. The summed E-state index contributed by atoms with van der Waals surface area (Å²) in [5.74, 6) is 0. The van der Waals surface area contributed by atoms with Gasteiger partial charge >= 0.3 is 0 Å². The number of nitrogens with zero attached hydrogens (tertiary/aromatic N) is 1. The van der Waals surface area contributed by atoms with E-state index in [9.17, 15) is 17.2 Å². The van der Waals surface area contributed by atoms with Crippen molar-refractivity contribution in [1.82, 2.24) is 4.98 Å². The summed E-state index contributed by atoms with van der Waals surface area (Å²) in [6.07, 6.45) is -0.587. The van der Waals surface area contributed by atoms with E-state index >= 15 is 0 Å². The van der Waals surface area contributed by atoms with Crippen molar-refractivity contribution in [2.75, 3.05) is 4.72 Å². The maximum absolute atomic E-state index is 12.5. The van der Waals surface area contributed by atoms with Crippen LogP contribution in [0.15, 0.2) is 34.8 Å². The predicted octanol–water partition coefficient (Wildman–Crippen LogP) is 3.53. The van der Waals surface area contributed by atoms with Crippen LogP contribution in [0, 0.1) is 0 Å². The first-order valence-electron chi connectivity index (χ1n) is 4.90. The van der Waals surface area contributed by atoms with Gasteiger partial charge in [0.05, 0.1) is 16.2 Å². The Hall–Kier alpha value is -1.25. The molecule has 0 radical (unpaired) electrons. The zero-order chi connectivity index (χ0) is 14.0. The molecule has 0 aliphatic carbocycles. The molecule has 0 amide bonds. The Morgan fingerprint density at radius 3 is 2.63 bits per heavy atom. The van der Waals surface area contributed by atoms with Crippen LogP contribution in [0.3, 0.4) is 0 Å². The van der Waals surface area contributed by atoms with Gasteiger partial charge in [0.2, 0.25) is 0 Å². The third kappa shape index (κ3) is 3.40. The average Bonchev–Trinajstić information content (AvgIpc) is 2.76. The monoisotopic (exact) mass is 324 g/mol. The summed E-state index contributed by atoms with van der Waals surface area (Å²) < 4.78 is 51.3. The smallest absolute Gasteiger partial charge is 0.271 e. The Bertz CT molecular complexity index is 688. The summed E-state index contributed by atoms with van der Waals surface area (Å²) in [5, 5.41) is 0. The van der Waals surface area contributed by atoms with Crippen LogP contribution < -0.4 is 4.72 Å². The van der Waals surface area contributed by atoms with Crippen molar-refractivity contribution in [3.05, 3.63) is 40.5 Å². The van der Waals surface area contributed by atoms with Crippen molar-refractivity contribution in [3.63, 3.8) is 0 Å². The van der Waals surface area contributed by atoms with Crippen molar-refractivity contribution >= 4 is 38.6 Å². The molecule has 19 heavy (non-hydrogen) atoms. The van der Waals surface area contributed by atoms with Gasteiger partial charge in [0.1, 0.15) is 4.21 Å². The van der Waals surface area contributed by atoms with Crippen LogP contribution in [-0.4, -0.2) is 13.4 Å². The van der Waals surface area contributed by atoms with Gasteiger partial charge in [-0.1, -0.05) is 11.6 Å². The highest BCUT2D eigenvalue weighted by atomic mass is 35.5. The molecule has 0 aromatic carbocycles. The minimum atomic E-state index is -3.84. The Morgan fingerprint density at radius 2 is 2.05 bits per heavy atom. The molecular weight excluding hydrogens is 318 g/mol. The van der Waals surface area contributed by atoms with Crippen LogP contribution in [0.2, 0.25) is 4.34 Å². The van der Waals surface area contributed by atoms with Gasteiger partial charge in [-0.2, -0.15) is 0 Å². The van der Waals surface area contributed by atoms with E-state index in [0.29, 0.717) is 4.34 Å². The largest absolute Gasteiger partial charge is 0.277 e. The van der Waals surface area contributed by atoms with Crippen LogP contribution in [0.4, 0.5) is 14.5 Å². The molecule has 4 nitrogen and oxygen atoms in total. The molecule has 0 bridgehead atoms. The molecule has 9 heteroatoms. The molecule has 2 rings (SSSR count). The summed E-state index contributed by atoms with van der Waals surface area (Å²) >= 11 is 6.52. The predicted molar refractivity (Wildman–Crippen MR) is 69.3 cm³/mol. The molecule has 2 aromatic rings. The lowest BCUT2D eigenvalue weighted by atomic mass is 10.3. The van der Waals surface area contributed by atoms with Gasteiger partial charge in [-0.05, 0) is 18.2 Å². The quantitative estimate of drug-likeness (QED) is 0.936. The Balaban J connectivity index is 2.28. The van der Waals surface area contributed by atoms with Crippen LogP contribution in [0.25, 0.3) is 0 Å². The first-order chi connectivity index (χ1) is 8.88. The van der Waals surface area contributed by atoms with Crippen LogP contribution in [0.1, 0.15) is 12.0 Å². The second-order valence-corrected chi connectivity index (χ2v) is 7.10. The molecular formula is C10H7ClF2N2O2S2. The number of aromatic nitrogens is 1. The Kier molecular flexibility index (Phi) is 4.02. The number of nitrogens with one attached hydrogen (secondary N) is 1. The zero-order valence-corrected chi connectivity index (χ0v) is 11.6. The van der Waals surface area contributed by atoms with Crippen molar-refractivity contribution < 1.29 is 17.2 Å². The van der Waals surface area contributed by atoms with Gasteiger partial charge in [-0.15, -0.1) is 11.3 Å². The highest BCUT2D eigenvalue weighted by molar-refractivity contribution is 7.94. The molecule has 0 saturated carbocycles. The summed E-state index contributed by atoms with van der Waals surface area (Å²) in [7, 11) is -3.84. The second-order valence-electron chi connectivity index (χ2n) is 3.47. The van der Waals surface area contributed by atoms with E-state index in [1.54, 1.807) is 0 Å². The second kappa shape index (κ2) is 5.40. The van der Waals surface area contributed by atoms with Crippen molar-refractivity contribution in [3.8, 4) is 0 Å². The minimum Gasteiger partial charge on any atom is -0.277 e. The molecule has 0 fully saturated rings. The average molecular weight is 325 g/mol. The van der Waals surface area contributed by atoms with E-state index in [2.05, 4.69) is 9.71 Å². The number of halogens is 3. The van der Waals surface area contributed by atoms with Crippen molar-refractivity contribution in [1.29, 1.82) is 0 Å². The molecule has 1 N–H and O–H groups in total. The van der Waals surface area contributed by atoms with Crippen molar-refractivity contribution in [2.45, 2.75) is 10.6 Å². The number of sulfonamides is 1. The summed E-state index contributed by atoms with van der Waals surface area (Å²) in [6, 6.07) is 3.80. The summed E-state index contributed by atoms with van der Waals surface area (Å²) in [6.45, 7) is 0. The standard InChI is InChI=1S/C10H7ClF2N2O2S2/c11-8-1-2-9(18-8)19(16,17)15-7-3-6(10(12)13)4-14-5-7/h1-5,10,15H. The van der Waals surface area contributed by atoms with Crippen LogP contribution in [-0.2, 0) is 10.0 Å². The number of rotatable bonds is 4. The lowest BCUT2D eigenvalue weighted by Gasteiger charge is -2.07. The molecule has 0 aliphatic heterocycles. The first kappa shape index (κ1) is 14.2. The molecule has 2 heterocycles. The van der Waals surface area contributed by atoms with E-state index in [-0.39, 0.29) is 15.5 Å². The first-order valence-corrected chi connectivity index (χ1v) is 7.57. The number of pyridine rings is 1. The molecule has 2 aromatic heterocycles. The fraction of sp³-hybridized carbons (Fsp3) is 0.100. The van der Waals surface area contributed by atoms with E-state index in [0.717, 1.165) is 29.8 Å². The van der Waals surface area contributed by atoms with Crippen LogP contribution in [0.5, 0.6) is 0 Å². The third-order valence-corrected chi connectivity index (χ3v) is 5.18. The molecule has 102 valence electrons. The fourth-order valence-corrected chi connectivity index (χ4v) is 3.80. The van der Waals surface area contributed by atoms with E-state index in [1.165, 1.54) is 12.1 Å². The molecule has 0 atom stereocenters. The highest BCUT2D eigenvalue weighted by Gasteiger charge is 2.18. The molecule has 0 saturated heterocycles. The van der Waals surface area contributed by atoms with Gasteiger partial charge in [-0.25, -0.2) is 17.2 Å². The minimum absolute atomic E-state index is 0.0000463. The van der Waals surface area contributed by atoms with Crippen LogP contribution >= 0.6 is 22.9 Å². The molecule has 0 spiro atoms. The van der Waals surface area contributed by atoms with Gasteiger partial charge in [-0.3, -0.25) is 9.71 Å². The van der Waals surface area contributed by atoms with Gasteiger partial charge in [0, 0.05) is 11.8 Å².